The van der Waals surface area contributed by atoms with E-state index in [0.717, 1.165) is 42.6 Å². The predicted octanol–water partition coefficient (Wildman–Crippen LogP) is 4.09. The summed E-state index contributed by atoms with van der Waals surface area (Å²) in [6.07, 6.45) is 7.34. The number of fused-ring (bicyclic) bond motifs is 1. The number of carbonyl (C=O) groups is 2. The largest absolute Gasteiger partial charge is 0.494 e. The summed E-state index contributed by atoms with van der Waals surface area (Å²) in [6, 6.07) is 5.65. The van der Waals surface area contributed by atoms with Gasteiger partial charge in [0.2, 0.25) is 0 Å². The number of rotatable bonds is 9. The van der Waals surface area contributed by atoms with Crippen molar-refractivity contribution in [3.8, 4) is 5.75 Å². The summed E-state index contributed by atoms with van der Waals surface area (Å²) in [4.78, 5) is 25.6. The molecule has 0 fully saturated rings. The van der Waals surface area contributed by atoms with Gasteiger partial charge in [0.05, 0.1) is 18.8 Å². The number of hydrogen-bond donors (Lipinski definition) is 0. The second-order valence-corrected chi connectivity index (χ2v) is 6.84. The molecule has 140 valence electrons. The molecular formula is C21H27NO4. The first kappa shape index (κ1) is 18.6. The molecule has 1 aliphatic heterocycles. The molecule has 1 aliphatic carbocycles. The fourth-order valence-corrected chi connectivity index (χ4v) is 3.51. The predicted molar refractivity (Wildman–Crippen MR) is 98.8 cm³/mol. The minimum Gasteiger partial charge on any atom is -0.494 e. The van der Waals surface area contributed by atoms with Crippen LogP contribution in [0.5, 0.6) is 5.75 Å². The summed E-state index contributed by atoms with van der Waals surface area (Å²) in [6.45, 7) is 5.62. The number of hydrogen-bond acceptors (Lipinski definition) is 4. The quantitative estimate of drug-likeness (QED) is 0.493. The molecule has 2 aliphatic rings. The molecule has 0 radical (unpaired) electrons. The molecule has 5 heteroatoms. The Morgan fingerprint density at radius 2 is 1.69 bits per heavy atom. The van der Waals surface area contributed by atoms with Crippen molar-refractivity contribution in [1.29, 1.82) is 0 Å². The number of imide groups is 1. The van der Waals surface area contributed by atoms with Gasteiger partial charge in [0.15, 0.2) is 0 Å². The molecule has 2 atom stereocenters. The van der Waals surface area contributed by atoms with Crippen molar-refractivity contribution in [2.24, 2.45) is 0 Å². The van der Waals surface area contributed by atoms with Crippen LogP contribution in [0.4, 0.5) is 0 Å². The first-order valence-electron chi connectivity index (χ1n) is 9.59. The van der Waals surface area contributed by atoms with Gasteiger partial charge in [-0.2, -0.15) is 0 Å². The second kappa shape index (κ2) is 8.49. The first-order chi connectivity index (χ1) is 12.7. The molecule has 0 spiro atoms. The minimum atomic E-state index is -0.267. The Hall–Kier alpha value is -2.14. The number of amides is 2. The normalized spacial score (nSPS) is 21.5. The Bertz CT molecular complexity index is 679. The van der Waals surface area contributed by atoms with Crippen molar-refractivity contribution in [3.63, 3.8) is 0 Å². The van der Waals surface area contributed by atoms with Crippen molar-refractivity contribution in [2.75, 3.05) is 13.2 Å². The third kappa shape index (κ3) is 3.83. The van der Waals surface area contributed by atoms with Crippen LogP contribution in [0.2, 0.25) is 0 Å². The molecule has 3 rings (SSSR count). The van der Waals surface area contributed by atoms with Gasteiger partial charge in [-0.1, -0.05) is 32.8 Å². The molecule has 0 bridgehead atoms. The third-order valence-electron chi connectivity index (χ3n) is 4.94. The van der Waals surface area contributed by atoms with E-state index in [9.17, 15) is 9.59 Å². The van der Waals surface area contributed by atoms with E-state index in [-0.39, 0.29) is 24.0 Å². The fraction of sp³-hybridized carbons (Fsp3) is 0.524. The topological polar surface area (TPSA) is 55.8 Å². The molecule has 2 amide bonds. The summed E-state index contributed by atoms with van der Waals surface area (Å²) in [5, 5.41) is 0. The van der Waals surface area contributed by atoms with Gasteiger partial charge in [-0.25, -0.2) is 0 Å². The van der Waals surface area contributed by atoms with E-state index in [4.69, 9.17) is 9.47 Å². The standard InChI is InChI=1S/C21H27NO4/c1-3-5-11-25-15-7-8-16-17(13-15)19(26-12-6-4-2)14-18(16)22-20(23)9-10-21(22)24/h7-10,13,18-19H,3-6,11-12,14H2,1-2H3/t18-,19-/m0/s1. The average Bonchev–Trinajstić information content (AvgIpc) is 3.15. The number of unbranched alkanes of at least 4 members (excludes halogenated alkanes) is 2. The van der Waals surface area contributed by atoms with Crippen LogP contribution >= 0.6 is 0 Å². The Morgan fingerprint density at radius 3 is 2.38 bits per heavy atom. The molecule has 1 aromatic rings. The van der Waals surface area contributed by atoms with Crippen LogP contribution in [-0.2, 0) is 14.3 Å². The lowest BCUT2D eigenvalue weighted by molar-refractivity contribution is -0.140. The molecule has 1 aromatic carbocycles. The van der Waals surface area contributed by atoms with E-state index >= 15 is 0 Å². The van der Waals surface area contributed by atoms with Gasteiger partial charge in [0, 0.05) is 25.2 Å². The second-order valence-electron chi connectivity index (χ2n) is 6.84. The SMILES string of the molecule is CCCCOc1ccc2c(c1)[C@@H](OCCCC)C[C@@H]2N1C(=O)C=CC1=O. The fourth-order valence-electron chi connectivity index (χ4n) is 3.51. The Balaban J connectivity index is 1.83. The Morgan fingerprint density at radius 1 is 1.00 bits per heavy atom. The Labute approximate surface area is 155 Å². The maximum atomic E-state index is 12.1. The average molecular weight is 357 g/mol. The highest BCUT2D eigenvalue weighted by Crippen LogP contribution is 2.46. The summed E-state index contributed by atoms with van der Waals surface area (Å²) in [5.74, 6) is 0.325. The van der Waals surface area contributed by atoms with E-state index < -0.39 is 0 Å². The number of ether oxygens (including phenoxy) is 2. The van der Waals surface area contributed by atoms with Crippen LogP contribution in [0.25, 0.3) is 0 Å². The highest BCUT2D eigenvalue weighted by Gasteiger charge is 2.40. The van der Waals surface area contributed by atoms with Crippen LogP contribution in [-0.4, -0.2) is 29.9 Å². The van der Waals surface area contributed by atoms with Gasteiger partial charge in [-0.05, 0) is 36.1 Å². The monoisotopic (exact) mass is 357 g/mol. The van der Waals surface area contributed by atoms with E-state index in [1.807, 2.05) is 18.2 Å². The number of carbonyl (C=O) groups excluding carboxylic acids is 2. The summed E-state index contributed by atoms with van der Waals surface area (Å²) < 4.78 is 11.9. The molecule has 26 heavy (non-hydrogen) atoms. The zero-order valence-corrected chi connectivity index (χ0v) is 15.6. The summed E-state index contributed by atoms with van der Waals surface area (Å²) >= 11 is 0. The summed E-state index contributed by atoms with van der Waals surface area (Å²) in [7, 11) is 0. The van der Waals surface area contributed by atoms with Crippen molar-refractivity contribution in [1.82, 2.24) is 4.90 Å². The minimum absolute atomic E-state index is 0.113. The van der Waals surface area contributed by atoms with Crippen LogP contribution in [0.1, 0.15) is 69.2 Å². The number of benzene rings is 1. The van der Waals surface area contributed by atoms with Gasteiger partial charge in [-0.3, -0.25) is 14.5 Å². The van der Waals surface area contributed by atoms with Gasteiger partial charge in [-0.15, -0.1) is 0 Å². The van der Waals surface area contributed by atoms with E-state index in [0.29, 0.717) is 19.6 Å². The zero-order valence-electron chi connectivity index (χ0n) is 15.6. The van der Waals surface area contributed by atoms with Crippen LogP contribution in [0.3, 0.4) is 0 Å². The molecule has 0 saturated carbocycles. The lowest BCUT2D eigenvalue weighted by Gasteiger charge is -2.23. The van der Waals surface area contributed by atoms with Crippen LogP contribution in [0, 0.1) is 0 Å². The van der Waals surface area contributed by atoms with Crippen molar-refractivity contribution < 1.29 is 19.1 Å². The van der Waals surface area contributed by atoms with Gasteiger partial charge in [0.1, 0.15) is 5.75 Å². The molecule has 0 N–H and O–H groups in total. The van der Waals surface area contributed by atoms with Crippen molar-refractivity contribution in [3.05, 3.63) is 41.5 Å². The van der Waals surface area contributed by atoms with Crippen molar-refractivity contribution >= 4 is 11.8 Å². The highest BCUT2D eigenvalue weighted by molar-refractivity contribution is 6.13. The molecule has 5 nitrogen and oxygen atoms in total. The number of nitrogens with zero attached hydrogens (tertiary/aromatic N) is 1. The van der Waals surface area contributed by atoms with E-state index in [1.165, 1.54) is 17.1 Å². The molecule has 0 aromatic heterocycles. The van der Waals surface area contributed by atoms with Crippen LogP contribution < -0.4 is 4.74 Å². The lowest BCUT2D eigenvalue weighted by Crippen LogP contribution is -2.33. The van der Waals surface area contributed by atoms with Gasteiger partial charge < -0.3 is 9.47 Å². The zero-order chi connectivity index (χ0) is 18.5. The third-order valence-corrected chi connectivity index (χ3v) is 4.94. The maximum absolute atomic E-state index is 12.1. The maximum Gasteiger partial charge on any atom is 0.254 e. The first-order valence-corrected chi connectivity index (χ1v) is 9.59. The molecule has 0 saturated heterocycles. The smallest absolute Gasteiger partial charge is 0.254 e. The van der Waals surface area contributed by atoms with E-state index in [2.05, 4.69) is 13.8 Å². The molecule has 0 unspecified atom stereocenters. The van der Waals surface area contributed by atoms with Gasteiger partial charge >= 0.3 is 0 Å². The lowest BCUT2D eigenvalue weighted by atomic mass is 10.1. The van der Waals surface area contributed by atoms with Crippen LogP contribution in [0.15, 0.2) is 30.4 Å². The highest BCUT2D eigenvalue weighted by atomic mass is 16.5. The van der Waals surface area contributed by atoms with Gasteiger partial charge in [0.25, 0.3) is 11.8 Å². The summed E-state index contributed by atoms with van der Waals surface area (Å²) in [5.41, 5.74) is 2.02. The van der Waals surface area contributed by atoms with E-state index in [1.54, 1.807) is 0 Å². The molecular weight excluding hydrogens is 330 g/mol. The van der Waals surface area contributed by atoms with Crippen molar-refractivity contribution in [2.45, 2.75) is 58.1 Å². The molecule has 1 heterocycles. The Kier molecular flexibility index (Phi) is 6.09.